The molecule has 0 bridgehead atoms. The van der Waals surface area contributed by atoms with Crippen molar-refractivity contribution in [3.8, 4) is 0 Å². The van der Waals surface area contributed by atoms with E-state index in [0.717, 1.165) is 31.0 Å². The van der Waals surface area contributed by atoms with Crippen LogP contribution in [0.5, 0.6) is 0 Å². The fraction of sp³-hybridized carbons (Fsp3) is 0.688. The lowest BCUT2D eigenvalue weighted by molar-refractivity contribution is -0.129. The molecular formula is C16H24N4O. The molecule has 1 aromatic rings. The van der Waals surface area contributed by atoms with Crippen LogP contribution in [0.25, 0.3) is 0 Å². The van der Waals surface area contributed by atoms with Gasteiger partial charge in [-0.05, 0) is 46.5 Å². The summed E-state index contributed by atoms with van der Waals surface area (Å²) < 4.78 is 0. The lowest BCUT2D eigenvalue weighted by Crippen LogP contribution is -2.34. The first kappa shape index (κ1) is 14.3. The van der Waals surface area contributed by atoms with Crippen LogP contribution in [0.4, 0.5) is 5.82 Å². The Bertz CT molecular complexity index is 555. The van der Waals surface area contributed by atoms with E-state index in [9.17, 15) is 4.79 Å². The van der Waals surface area contributed by atoms with Gasteiger partial charge in [0.25, 0.3) is 0 Å². The Balaban J connectivity index is 1.80. The van der Waals surface area contributed by atoms with Gasteiger partial charge in [0.15, 0.2) is 0 Å². The summed E-state index contributed by atoms with van der Waals surface area (Å²) >= 11 is 0. The fourth-order valence-electron chi connectivity index (χ4n) is 3.36. The average molecular weight is 288 g/mol. The topological polar surface area (TPSA) is 58.1 Å². The van der Waals surface area contributed by atoms with Crippen molar-refractivity contribution in [2.45, 2.75) is 65.0 Å². The molecule has 1 saturated heterocycles. The number of carbonyl (C=O) groups excluding carboxylic acids is 1. The van der Waals surface area contributed by atoms with Gasteiger partial charge in [-0.2, -0.15) is 0 Å². The Morgan fingerprint density at radius 2 is 2.00 bits per heavy atom. The summed E-state index contributed by atoms with van der Waals surface area (Å²) in [6.07, 6.45) is 5.08. The number of fused-ring (bicyclic) bond motifs is 1. The lowest BCUT2D eigenvalue weighted by atomic mass is 9.96. The monoisotopic (exact) mass is 288 g/mol. The van der Waals surface area contributed by atoms with Crippen LogP contribution in [0.2, 0.25) is 0 Å². The van der Waals surface area contributed by atoms with Gasteiger partial charge < -0.3 is 10.2 Å². The zero-order valence-electron chi connectivity index (χ0n) is 13.1. The summed E-state index contributed by atoms with van der Waals surface area (Å²) in [4.78, 5) is 23.1. The van der Waals surface area contributed by atoms with E-state index in [0.29, 0.717) is 6.42 Å². The summed E-state index contributed by atoms with van der Waals surface area (Å²) in [5.41, 5.74) is 2.46. The first-order valence-electron chi connectivity index (χ1n) is 7.97. The molecular weight excluding hydrogens is 264 g/mol. The number of aromatic nitrogens is 2. The highest BCUT2D eigenvalue weighted by molar-refractivity contribution is 5.80. The molecule has 0 saturated carbocycles. The zero-order valence-corrected chi connectivity index (χ0v) is 13.1. The van der Waals surface area contributed by atoms with E-state index >= 15 is 0 Å². The van der Waals surface area contributed by atoms with Gasteiger partial charge in [-0.15, -0.1) is 0 Å². The standard InChI is InChI=1S/C16H24N4O/c1-10(2)20-9-12(8-15(20)21)19-16-13-6-4-5-7-14(13)17-11(3)18-16/h10,12H,4-9H2,1-3H3,(H,17,18,19). The Kier molecular flexibility index (Phi) is 3.83. The Hall–Kier alpha value is -1.65. The lowest BCUT2D eigenvalue weighted by Gasteiger charge is -2.23. The van der Waals surface area contributed by atoms with E-state index in [1.165, 1.54) is 24.1 Å². The van der Waals surface area contributed by atoms with Gasteiger partial charge in [0.1, 0.15) is 11.6 Å². The van der Waals surface area contributed by atoms with Crippen molar-refractivity contribution in [2.75, 3.05) is 11.9 Å². The highest BCUT2D eigenvalue weighted by Crippen LogP contribution is 2.27. The second kappa shape index (κ2) is 5.62. The normalized spacial score (nSPS) is 21.8. The van der Waals surface area contributed by atoms with Crippen LogP contribution in [0.3, 0.4) is 0 Å². The van der Waals surface area contributed by atoms with Crippen LogP contribution in [-0.4, -0.2) is 39.4 Å². The highest BCUT2D eigenvalue weighted by Gasteiger charge is 2.32. The minimum Gasteiger partial charge on any atom is -0.365 e. The summed E-state index contributed by atoms with van der Waals surface area (Å²) in [5, 5.41) is 3.51. The van der Waals surface area contributed by atoms with Crippen molar-refractivity contribution < 1.29 is 4.79 Å². The maximum Gasteiger partial charge on any atom is 0.225 e. The molecule has 2 aliphatic rings. The maximum absolute atomic E-state index is 12.0. The van der Waals surface area contributed by atoms with Crippen LogP contribution in [0, 0.1) is 6.92 Å². The van der Waals surface area contributed by atoms with E-state index in [1.807, 2.05) is 11.8 Å². The number of nitrogens with zero attached hydrogens (tertiary/aromatic N) is 3. The quantitative estimate of drug-likeness (QED) is 0.925. The Morgan fingerprint density at radius 1 is 1.24 bits per heavy atom. The van der Waals surface area contributed by atoms with Gasteiger partial charge in [0.05, 0.1) is 6.04 Å². The molecule has 1 amide bonds. The zero-order chi connectivity index (χ0) is 15.0. The molecule has 5 nitrogen and oxygen atoms in total. The number of nitrogens with one attached hydrogen (secondary N) is 1. The van der Waals surface area contributed by atoms with Crippen molar-refractivity contribution >= 4 is 11.7 Å². The second-order valence-electron chi connectivity index (χ2n) is 6.44. The van der Waals surface area contributed by atoms with E-state index in [1.54, 1.807) is 0 Å². The number of likely N-dealkylation sites (tertiary alicyclic amines) is 1. The summed E-state index contributed by atoms with van der Waals surface area (Å²) in [5.74, 6) is 2.02. The number of carbonyl (C=O) groups is 1. The largest absolute Gasteiger partial charge is 0.365 e. The summed E-state index contributed by atoms with van der Waals surface area (Å²) in [7, 11) is 0. The third-order valence-electron chi connectivity index (χ3n) is 4.42. The molecule has 114 valence electrons. The predicted octanol–water partition coefficient (Wildman–Crippen LogP) is 2.09. The number of aryl methyl sites for hydroxylation is 2. The maximum atomic E-state index is 12.0. The van der Waals surface area contributed by atoms with Crippen molar-refractivity contribution in [1.82, 2.24) is 14.9 Å². The molecule has 1 fully saturated rings. The van der Waals surface area contributed by atoms with Gasteiger partial charge in [-0.1, -0.05) is 0 Å². The molecule has 1 aliphatic heterocycles. The predicted molar refractivity (Wildman–Crippen MR) is 82.3 cm³/mol. The molecule has 3 rings (SSSR count). The molecule has 0 radical (unpaired) electrons. The molecule has 1 aliphatic carbocycles. The number of hydrogen-bond donors (Lipinski definition) is 1. The SMILES string of the molecule is Cc1nc2c(c(NC3CC(=O)N(C(C)C)C3)n1)CCCC2. The Morgan fingerprint density at radius 3 is 2.71 bits per heavy atom. The first-order chi connectivity index (χ1) is 10.0. The van der Waals surface area contributed by atoms with Gasteiger partial charge in [0, 0.05) is 30.3 Å². The minimum atomic E-state index is 0.167. The molecule has 1 aromatic heterocycles. The molecule has 21 heavy (non-hydrogen) atoms. The fourth-order valence-corrected chi connectivity index (χ4v) is 3.36. The smallest absolute Gasteiger partial charge is 0.225 e. The molecule has 2 heterocycles. The second-order valence-corrected chi connectivity index (χ2v) is 6.44. The molecule has 1 N–H and O–H groups in total. The molecule has 0 aromatic carbocycles. The van der Waals surface area contributed by atoms with Gasteiger partial charge in [0.2, 0.25) is 5.91 Å². The van der Waals surface area contributed by atoms with Crippen molar-refractivity contribution in [3.05, 3.63) is 17.1 Å². The van der Waals surface area contributed by atoms with Crippen LogP contribution in [0.15, 0.2) is 0 Å². The van der Waals surface area contributed by atoms with E-state index in [4.69, 9.17) is 0 Å². The minimum absolute atomic E-state index is 0.167. The summed E-state index contributed by atoms with van der Waals surface area (Å²) in [6, 6.07) is 0.436. The van der Waals surface area contributed by atoms with Crippen molar-refractivity contribution in [2.24, 2.45) is 0 Å². The van der Waals surface area contributed by atoms with E-state index < -0.39 is 0 Å². The van der Waals surface area contributed by atoms with Crippen LogP contribution >= 0.6 is 0 Å². The van der Waals surface area contributed by atoms with Crippen molar-refractivity contribution in [1.29, 1.82) is 0 Å². The number of hydrogen-bond acceptors (Lipinski definition) is 4. The number of amides is 1. The Labute approximate surface area is 126 Å². The van der Waals surface area contributed by atoms with Gasteiger partial charge in [-0.3, -0.25) is 4.79 Å². The molecule has 1 atom stereocenters. The van der Waals surface area contributed by atoms with E-state index in [-0.39, 0.29) is 18.0 Å². The van der Waals surface area contributed by atoms with Crippen LogP contribution in [-0.2, 0) is 17.6 Å². The average Bonchev–Trinajstić information content (AvgIpc) is 2.79. The van der Waals surface area contributed by atoms with Crippen molar-refractivity contribution in [3.63, 3.8) is 0 Å². The van der Waals surface area contributed by atoms with Crippen LogP contribution < -0.4 is 5.32 Å². The van der Waals surface area contributed by atoms with E-state index in [2.05, 4.69) is 29.1 Å². The third kappa shape index (κ3) is 2.87. The molecule has 5 heteroatoms. The number of rotatable bonds is 3. The highest BCUT2D eigenvalue weighted by atomic mass is 16.2. The third-order valence-corrected chi connectivity index (χ3v) is 4.42. The number of anilines is 1. The van der Waals surface area contributed by atoms with Gasteiger partial charge in [-0.25, -0.2) is 9.97 Å². The van der Waals surface area contributed by atoms with Crippen LogP contribution in [0.1, 0.15) is 50.2 Å². The van der Waals surface area contributed by atoms with Gasteiger partial charge >= 0.3 is 0 Å². The molecule has 1 unspecified atom stereocenters. The molecule has 0 spiro atoms. The summed E-state index contributed by atoms with van der Waals surface area (Å²) in [6.45, 7) is 6.85. The first-order valence-corrected chi connectivity index (χ1v) is 7.97.